The SMILES string of the molecule is COc1ccc([C@@H]2Oc3c(Br)cc(Br)cc3[C@@H]3CC(c4ccc(Cl)cc4)=NN32)cc1. The van der Waals surface area contributed by atoms with Gasteiger partial charge in [-0.25, -0.2) is 5.01 Å². The molecule has 152 valence electrons. The Morgan fingerprint density at radius 2 is 1.80 bits per heavy atom. The van der Waals surface area contributed by atoms with Crippen molar-refractivity contribution in [2.75, 3.05) is 7.11 Å². The first-order valence-electron chi connectivity index (χ1n) is 9.45. The van der Waals surface area contributed by atoms with Crippen LogP contribution in [0.1, 0.15) is 35.4 Å². The van der Waals surface area contributed by atoms with Crippen LogP contribution in [0.5, 0.6) is 11.5 Å². The van der Waals surface area contributed by atoms with Gasteiger partial charge in [0, 0.05) is 27.0 Å². The smallest absolute Gasteiger partial charge is 0.213 e. The van der Waals surface area contributed by atoms with E-state index in [-0.39, 0.29) is 12.3 Å². The lowest BCUT2D eigenvalue weighted by Gasteiger charge is -2.38. The summed E-state index contributed by atoms with van der Waals surface area (Å²) in [6, 6.07) is 20.0. The van der Waals surface area contributed by atoms with Gasteiger partial charge in [0.05, 0.1) is 23.3 Å². The first kappa shape index (κ1) is 19.9. The van der Waals surface area contributed by atoms with Crippen LogP contribution < -0.4 is 9.47 Å². The number of hydrogen-bond acceptors (Lipinski definition) is 4. The van der Waals surface area contributed by atoms with Gasteiger partial charge in [-0.05, 0) is 70.0 Å². The number of halogens is 3. The van der Waals surface area contributed by atoms with Gasteiger partial charge in [0.2, 0.25) is 6.23 Å². The zero-order chi connectivity index (χ0) is 20.8. The topological polar surface area (TPSA) is 34.1 Å². The van der Waals surface area contributed by atoms with Gasteiger partial charge in [-0.3, -0.25) is 0 Å². The molecule has 0 fully saturated rings. The molecule has 0 spiro atoms. The highest BCUT2D eigenvalue weighted by Crippen LogP contribution is 2.50. The Hall–Kier alpha value is -2.02. The standard InChI is InChI=1S/C23H17Br2ClN2O2/c1-29-17-8-4-14(5-9-17)23-28-21(18-10-15(24)11-19(25)22(18)30-23)12-20(27-28)13-2-6-16(26)7-3-13/h2-11,21,23H,12H2,1H3/t21-,23-/m0/s1. The van der Waals surface area contributed by atoms with Gasteiger partial charge in [0.1, 0.15) is 11.5 Å². The van der Waals surface area contributed by atoms with E-state index in [0.29, 0.717) is 5.02 Å². The average Bonchev–Trinajstić information content (AvgIpc) is 3.20. The first-order chi connectivity index (χ1) is 14.5. The Balaban J connectivity index is 1.60. The second-order valence-electron chi connectivity index (χ2n) is 7.20. The molecule has 2 atom stereocenters. The molecule has 7 heteroatoms. The molecule has 2 heterocycles. The first-order valence-corrected chi connectivity index (χ1v) is 11.4. The van der Waals surface area contributed by atoms with Gasteiger partial charge in [-0.15, -0.1) is 0 Å². The van der Waals surface area contributed by atoms with Crippen LogP contribution in [0.25, 0.3) is 0 Å². The summed E-state index contributed by atoms with van der Waals surface area (Å²) in [6.07, 6.45) is 0.448. The predicted molar refractivity (Wildman–Crippen MR) is 125 cm³/mol. The van der Waals surface area contributed by atoms with Crippen molar-refractivity contribution < 1.29 is 9.47 Å². The largest absolute Gasteiger partial charge is 0.497 e. The van der Waals surface area contributed by atoms with Gasteiger partial charge in [-0.1, -0.05) is 39.7 Å². The monoisotopic (exact) mass is 546 g/mol. The van der Waals surface area contributed by atoms with E-state index >= 15 is 0 Å². The van der Waals surface area contributed by atoms with Crippen molar-refractivity contribution in [2.24, 2.45) is 5.10 Å². The molecule has 0 amide bonds. The van der Waals surface area contributed by atoms with Crippen LogP contribution in [-0.2, 0) is 0 Å². The third-order valence-corrected chi connectivity index (χ3v) is 6.69. The number of hydrogen-bond donors (Lipinski definition) is 0. The Morgan fingerprint density at radius 3 is 2.50 bits per heavy atom. The van der Waals surface area contributed by atoms with E-state index in [1.54, 1.807) is 7.11 Å². The van der Waals surface area contributed by atoms with Crippen molar-refractivity contribution in [1.82, 2.24) is 5.01 Å². The van der Waals surface area contributed by atoms with Gasteiger partial charge < -0.3 is 9.47 Å². The highest BCUT2D eigenvalue weighted by atomic mass is 79.9. The molecular formula is C23H17Br2ClN2O2. The van der Waals surface area contributed by atoms with Crippen molar-refractivity contribution in [2.45, 2.75) is 18.7 Å². The Bertz CT molecular complexity index is 1130. The fourth-order valence-corrected chi connectivity index (χ4v) is 5.40. The van der Waals surface area contributed by atoms with E-state index in [1.807, 2.05) is 54.6 Å². The fraction of sp³-hybridized carbons (Fsp3) is 0.174. The lowest BCUT2D eigenvalue weighted by Crippen LogP contribution is -2.33. The molecule has 0 radical (unpaired) electrons. The molecule has 3 aromatic carbocycles. The van der Waals surface area contributed by atoms with E-state index in [2.05, 4.69) is 42.9 Å². The third kappa shape index (κ3) is 3.51. The van der Waals surface area contributed by atoms with Crippen LogP contribution in [0.15, 0.2) is 74.7 Å². The number of fused-ring (bicyclic) bond motifs is 3. The Kier molecular flexibility index (Phi) is 5.25. The summed E-state index contributed by atoms with van der Waals surface area (Å²) in [5, 5.41) is 7.77. The third-order valence-electron chi connectivity index (χ3n) is 5.39. The fourth-order valence-electron chi connectivity index (χ4n) is 3.92. The van der Waals surface area contributed by atoms with Crippen molar-refractivity contribution in [1.29, 1.82) is 0 Å². The molecule has 0 N–H and O–H groups in total. The molecule has 5 rings (SSSR count). The van der Waals surface area contributed by atoms with Crippen molar-refractivity contribution in [3.8, 4) is 11.5 Å². The summed E-state index contributed by atoms with van der Waals surface area (Å²) in [5.41, 5.74) is 4.21. The molecule has 0 aliphatic carbocycles. The van der Waals surface area contributed by atoms with E-state index in [4.69, 9.17) is 26.2 Å². The lowest BCUT2D eigenvalue weighted by molar-refractivity contribution is -0.0197. The van der Waals surface area contributed by atoms with Crippen molar-refractivity contribution >= 4 is 49.2 Å². The normalized spacial score (nSPS) is 19.6. The van der Waals surface area contributed by atoms with Crippen LogP contribution in [0.2, 0.25) is 5.02 Å². The van der Waals surface area contributed by atoms with Crippen molar-refractivity contribution in [3.05, 3.63) is 91.3 Å². The highest BCUT2D eigenvalue weighted by molar-refractivity contribution is 9.11. The summed E-state index contributed by atoms with van der Waals surface area (Å²) in [4.78, 5) is 0. The van der Waals surface area contributed by atoms with E-state index < -0.39 is 0 Å². The van der Waals surface area contributed by atoms with Crippen LogP contribution >= 0.6 is 43.5 Å². The van der Waals surface area contributed by atoms with Crippen LogP contribution in [0.4, 0.5) is 0 Å². The molecule has 0 saturated carbocycles. The number of benzene rings is 3. The highest BCUT2D eigenvalue weighted by Gasteiger charge is 2.41. The summed E-state index contributed by atoms with van der Waals surface area (Å²) >= 11 is 13.4. The maximum absolute atomic E-state index is 6.48. The minimum absolute atomic E-state index is 0.0697. The van der Waals surface area contributed by atoms with Gasteiger partial charge >= 0.3 is 0 Å². The number of hydrazone groups is 1. The zero-order valence-corrected chi connectivity index (χ0v) is 19.9. The van der Waals surface area contributed by atoms with E-state index in [1.165, 1.54) is 0 Å². The number of ether oxygens (including phenoxy) is 2. The molecule has 0 unspecified atom stereocenters. The molecule has 0 aromatic heterocycles. The molecule has 2 aliphatic heterocycles. The summed E-state index contributed by atoms with van der Waals surface area (Å²) < 4.78 is 13.7. The minimum Gasteiger partial charge on any atom is -0.497 e. The van der Waals surface area contributed by atoms with Crippen LogP contribution in [0.3, 0.4) is 0 Å². The van der Waals surface area contributed by atoms with E-state index in [9.17, 15) is 0 Å². The Morgan fingerprint density at radius 1 is 1.07 bits per heavy atom. The summed E-state index contributed by atoms with van der Waals surface area (Å²) in [5.74, 6) is 1.66. The molecule has 0 bridgehead atoms. The maximum Gasteiger partial charge on any atom is 0.213 e. The predicted octanol–water partition coefficient (Wildman–Crippen LogP) is 7.12. The molecular weight excluding hydrogens is 532 g/mol. The zero-order valence-electron chi connectivity index (χ0n) is 16.0. The van der Waals surface area contributed by atoms with Crippen LogP contribution in [-0.4, -0.2) is 17.8 Å². The molecule has 2 aliphatic rings. The van der Waals surface area contributed by atoms with Crippen LogP contribution in [0, 0.1) is 0 Å². The summed E-state index contributed by atoms with van der Waals surface area (Å²) in [7, 11) is 1.66. The second-order valence-corrected chi connectivity index (χ2v) is 9.41. The van der Waals surface area contributed by atoms with Gasteiger partial charge in [0.25, 0.3) is 0 Å². The van der Waals surface area contributed by atoms with Crippen molar-refractivity contribution in [3.63, 3.8) is 0 Å². The number of methoxy groups -OCH3 is 1. The number of nitrogens with zero attached hydrogens (tertiary/aromatic N) is 2. The number of rotatable bonds is 3. The Labute approximate surface area is 196 Å². The molecule has 3 aromatic rings. The minimum atomic E-state index is -0.337. The second kappa shape index (κ2) is 7.91. The molecule has 4 nitrogen and oxygen atoms in total. The average molecular weight is 549 g/mol. The quantitative estimate of drug-likeness (QED) is 0.350. The van der Waals surface area contributed by atoms with E-state index in [0.717, 1.165) is 49.3 Å². The molecule has 0 saturated heterocycles. The summed E-state index contributed by atoms with van der Waals surface area (Å²) in [6.45, 7) is 0. The van der Waals surface area contributed by atoms with Gasteiger partial charge in [-0.2, -0.15) is 5.10 Å². The lowest BCUT2D eigenvalue weighted by atomic mass is 9.96. The maximum atomic E-state index is 6.48. The molecule has 30 heavy (non-hydrogen) atoms. The van der Waals surface area contributed by atoms with Gasteiger partial charge in [0.15, 0.2) is 0 Å².